The summed E-state index contributed by atoms with van der Waals surface area (Å²) in [4.78, 5) is 16.9. The minimum Gasteiger partial charge on any atom is -0.420 e. The fourth-order valence-electron chi connectivity index (χ4n) is 5.51. The molecule has 1 aliphatic rings. The van der Waals surface area contributed by atoms with Crippen LogP contribution in [0.5, 0.6) is 0 Å². The number of hydrogen-bond acceptors (Lipinski definition) is 6. The highest BCUT2D eigenvalue weighted by Crippen LogP contribution is 2.40. The van der Waals surface area contributed by atoms with Gasteiger partial charge in [-0.3, -0.25) is 0 Å². The van der Waals surface area contributed by atoms with Gasteiger partial charge in [-0.05, 0) is 54.2 Å². The molecule has 0 radical (unpaired) electrons. The molecule has 0 aliphatic carbocycles. The first-order valence-corrected chi connectivity index (χ1v) is 15.7. The van der Waals surface area contributed by atoms with E-state index >= 15 is 0 Å². The molecule has 1 atom stereocenters. The summed E-state index contributed by atoms with van der Waals surface area (Å²) in [6.45, 7) is 13.7. The minimum absolute atomic E-state index is 0.0941. The SMILES string of the molecule is C=C/C(=C\N=c1\cc(-c2cccc(-c3cccc(-c4cnc(N5CC(OC#N)C5)c(C(C)CC)n4)c3C)c2Cl)ccn1C)CC. The molecule has 8 heteroatoms. The highest BCUT2D eigenvalue weighted by Gasteiger charge is 2.32. The summed E-state index contributed by atoms with van der Waals surface area (Å²) in [7, 11) is 1.98. The summed E-state index contributed by atoms with van der Waals surface area (Å²) in [5.74, 6) is 1.09. The Bertz CT molecular complexity index is 1860. The van der Waals surface area contributed by atoms with Crippen LogP contribution in [-0.2, 0) is 11.8 Å². The molecule has 0 amide bonds. The van der Waals surface area contributed by atoms with Gasteiger partial charge in [0.25, 0.3) is 6.26 Å². The van der Waals surface area contributed by atoms with E-state index in [1.54, 1.807) is 6.26 Å². The Labute approximate surface area is 270 Å². The zero-order valence-corrected chi connectivity index (χ0v) is 27.3. The predicted molar refractivity (Wildman–Crippen MR) is 183 cm³/mol. The van der Waals surface area contributed by atoms with Crippen LogP contribution in [-0.4, -0.2) is 33.7 Å². The zero-order chi connectivity index (χ0) is 32.1. The van der Waals surface area contributed by atoms with Gasteiger partial charge in [0.2, 0.25) is 0 Å². The Hall–Kier alpha value is -4.67. The lowest BCUT2D eigenvalue weighted by atomic mass is 9.92. The lowest BCUT2D eigenvalue weighted by Gasteiger charge is -2.39. The first-order chi connectivity index (χ1) is 21.8. The lowest BCUT2D eigenvalue weighted by Crippen LogP contribution is -2.52. The topological polar surface area (TPSA) is 79.3 Å². The number of hydrogen-bond donors (Lipinski definition) is 0. The van der Waals surface area contributed by atoms with Crippen molar-refractivity contribution < 1.29 is 4.74 Å². The molecular formula is C37H39ClN6O. The molecule has 1 unspecified atom stereocenters. The molecule has 3 heterocycles. The summed E-state index contributed by atoms with van der Waals surface area (Å²) in [6, 6.07) is 16.5. The van der Waals surface area contributed by atoms with E-state index in [1.807, 2.05) is 48.4 Å². The van der Waals surface area contributed by atoms with Gasteiger partial charge in [-0.25, -0.2) is 15.0 Å². The second-order valence-corrected chi connectivity index (χ2v) is 11.8. The first-order valence-electron chi connectivity index (χ1n) is 15.4. The Balaban J connectivity index is 1.53. The fraction of sp³-hybridized carbons (Fsp3) is 0.297. The summed E-state index contributed by atoms with van der Waals surface area (Å²) in [5.41, 5.74) is 9.71. The number of allylic oxidation sites excluding steroid dienone is 2. The van der Waals surface area contributed by atoms with Gasteiger partial charge in [-0.15, -0.1) is 0 Å². The van der Waals surface area contributed by atoms with Crippen LogP contribution in [0.4, 0.5) is 5.82 Å². The van der Waals surface area contributed by atoms with Gasteiger partial charge in [0.15, 0.2) is 5.82 Å². The quantitative estimate of drug-likeness (QED) is 0.132. The van der Waals surface area contributed by atoms with Gasteiger partial charge >= 0.3 is 0 Å². The van der Waals surface area contributed by atoms with Crippen molar-refractivity contribution in [2.24, 2.45) is 12.0 Å². The highest BCUT2D eigenvalue weighted by molar-refractivity contribution is 6.36. The third kappa shape index (κ3) is 6.57. The minimum atomic E-state index is -0.0941. The maximum Gasteiger partial charge on any atom is 0.286 e. The maximum absolute atomic E-state index is 8.86. The van der Waals surface area contributed by atoms with Crippen molar-refractivity contribution >= 4 is 17.4 Å². The molecule has 7 nitrogen and oxygen atoms in total. The van der Waals surface area contributed by atoms with Crippen molar-refractivity contribution in [3.05, 3.63) is 107 Å². The number of aromatic nitrogens is 3. The van der Waals surface area contributed by atoms with Crippen molar-refractivity contribution in [3.8, 4) is 39.8 Å². The highest BCUT2D eigenvalue weighted by atomic mass is 35.5. The van der Waals surface area contributed by atoms with Crippen LogP contribution in [0.1, 0.15) is 50.8 Å². The number of aryl methyl sites for hydroxylation is 1. The van der Waals surface area contributed by atoms with E-state index in [9.17, 15) is 0 Å². The molecule has 230 valence electrons. The number of anilines is 1. The van der Waals surface area contributed by atoms with Crippen LogP contribution >= 0.6 is 11.6 Å². The van der Waals surface area contributed by atoms with Crippen molar-refractivity contribution in [3.63, 3.8) is 0 Å². The molecule has 4 aromatic rings. The maximum atomic E-state index is 8.86. The largest absolute Gasteiger partial charge is 0.420 e. The van der Waals surface area contributed by atoms with Crippen LogP contribution < -0.4 is 10.4 Å². The molecule has 1 aliphatic heterocycles. The Kier molecular flexibility index (Phi) is 9.85. The number of rotatable bonds is 10. The number of benzene rings is 2. The normalized spacial score (nSPS) is 14.6. The summed E-state index contributed by atoms with van der Waals surface area (Å²) >= 11 is 7.18. The molecule has 0 N–H and O–H groups in total. The summed E-state index contributed by atoms with van der Waals surface area (Å²) in [6.07, 6.45) is 11.1. The Morgan fingerprint density at radius 2 is 1.87 bits per heavy atom. The van der Waals surface area contributed by atoms with E-state index in [0.29, 0.717) is 18.1 Å². The van der Waals surface area contributed by atoms with E-state index < -0.39 is 0 Å². The monoisotopic (exact) mass is 618 g/mol. The standard InChI is InChI=1S/C37H39ClN6O/c1-7-24(4)36-37(44-21-28(22-44)45-23-39)41-20-33(42-36)30-13-10-12-29(25(30)5)32-15-11-14-31(35(32)38)27-16-17-43(6)34(18-27)40-19-26(8-2)9-3/h8,10-20,24,28H,2,7,9,21-22H2,1,3-6H3/b26-19+,40-34-. The number of pyridine rings is 1. The molecule has 0 saturated carbocycles. The second-order valence-electron chi connectivity index (χ2n) is 11.4. The Morgan fingerprint density at radius 3 is 2.56 bits per heavy atom. The first kappa shape index (κ1) is 31.7. The fourth-order valence-corrected chi connectivity index (χ4v) is 5.85. The van der Waals surface area contributed by atoms with E-state index in [1.165, 1.54) is 0 Å². The van der Waals surface area contributed by atoms with Crippen LogP contribution in [0, 0.1) is 18.4 Å². The average molecular weight is 619 g/mol. The van der Waals surface area contributed by atoms with Gasteiger partial charge < -0.3 is 14.2 Å². The summed E-state index contributed by atoms with van der Waals surface area (Å²) in [5, 5.41) is 9.54. The Morgan fingerprint density at radius 1 is 1.16 bits per heavy atom. The molecule has 0 spiro atoms. The molecule has 1 fully saturated rings. The molecule has 5 rings (SSSR count). The number of nitriles is 1. The van der Waals surface area contributed by atoms with Crippen LogP contribution in [0.2, 0.25) is 5.02 Å². The van der Waals surface area contributed by atoms with Gasteiger partial charge in [0.05, 0.1) is 35.7 Å². The van der Waals surface area contributed by atoms with Crippen molar-refractivity contribution in [1.29, 1.82) is 5.26 Å². The van der Waals surface area contributed by atoms with E-state index in [0.717, 1.165) is 74.5 Å². The van der Waals surface area contributed by atoms with Crippen molar-refractivity contribution in [2.75, 3.05) is 18.0 Å². The van der Waals surface area contributed by atoms with E-state index in [-0.39, 0.29) is 12.0 Å². The summed E-state index contributed by atoms with van der Waals surface area (Å²) < 4.78 is 7.09. The smallest absolute Gasteiger partial charge is 0.286 e. The van der Waals surface area contributed by atoms with Crippen LogP contribution in [0.3, 0.4) is 0 Å². The van der Waals surface area contributed by atoms with Crippen LogP contribution in [0.15, 0.2) is 90.3 Å². The number of ether oxygens (including phenoxy) is 1. The molecule has 45 heavy (non-hydrogen) atoms. The van der Waals surface area contributed by atoms with Gasteiger partial charge in [0.1, 0.15) is 11.6 Å². The van der Waals surface area contributed by atoms with Crippen molar-refractivity contribution in [2.45, 2.75) is 52.6 Å². The molecule has 0 bridgehead atoms. The lowest BCUT2D eigenvalue weighted by molar-refractivity contribution is 0.130. The third-order valence-electron chi connectivity index (χ3n) is 8.59. The molecule has 2 aromatic heterocycles. The molecule has 2 aromatic carbocycles. The predicted octanol–water partition coefficient (Wildman–Crippen LogP) is 8.36. The zero-order valence-electron chi connectivity index (χ0n) is 26.6. The second kappa shape index (κ2) is 14.0. The van der Waals surface area contributed by atoms with Gasteiger partial charge in [-0.1, -0.05) is 81.4 Å². The van der Waals surface area contributed by atoms with Crippen molar-refractivity contribution in [1.82, 2.24) is 14.5 Å². The third-order valence-corrected chi connectivity index (χ3v) is 9.00. The van der Waals surface area contributed by atoms with E-state index in [4.69, 9.17) is 36.6 Å². The van der Waals surface area contributed by atoms with E-state index in [2.05, 4.69) is 75.6 Å². The molecule has 1 saturated heterocycles. The number of nitrogens with zero attached hydrogens (tertiary/aromatic N) is 6. The number of halogens is 1. The van der Waals surface area contributed by atoms with Crippen LogP contribution in [0.25, 0.3) is 33.5 Å². The van der Waals surface area contributed by atoms with Gasteiger partial charge in [-0.2, -0.15) is 5.26 Å². The van der Waals surface area contributed by atoms with Gasteiger partial charge in [0, 0.05) is 42.1 Å². The average Bonchev–Trinajstić information content (AvgIpc) is 3.04. The molecular weight excluding hydrogens is 580 g/mol.